The molecule has 1 aromatic rings. The highest BCUT2D eigenvalue weighted by Gasteiger charge is 2.24. The second-order valence-electron chi connectivity index (χ2n) is 6.36. The Balaban J connectivity index is 1.95. The lowest BCUT2D eigenvalue weighted by atomic mass is 10.2. The minimum Gasteiger partial charge on any atom is -0.381 e. The van der Waals surface area contributed by atoms with Crippen molar-refractivity contribution in [1.29, 1.82) is 0 Å². The highest BCUT2D eigenvalue weighted by molar-refractivity contribution is 7.89. The van der Waals surface area contributed by atoms with Gasteiger partial charge in [-0.05, 0) is 43.4 Å². The number of ether oxygens (including phenoxy) is 1. The van der Waals surface area contributed by atoms with Gasteiger partial charge in [0.15, 0.2) is 0 Å². The molecule has 6 nitrogen and oxygen atoms in total. The summed E-state index contributed by atoms with van der Waals surface area (Å²) in [7, 11) is -3.63. The molecule has 1 aliphatic rings. The number of hydrogen-bond acceptors (Lipinski definition) is 4. The summed E-state index contributed by atoms with van der Waals surface area (Å²) < 4.78 is 32.1. The first kappa shape index (κ1) is 21.2. The van der Waals surface area contributed by atoms with Gasteiger partial charge >= 0.3 is 0 Å². The topological polar surface area (TPSA) is 75.7 Å². The normalized spacial score (nSPS) is 14.6. The fourth-order valence-electron chi connectivity index (χ4n) is 2.56. The molecule has 1 fully saturated rings. The lowest BCUT2D eigenvalue weighted by Crippen LogP contribution is -2.31. The number of benzene rings is 1. The number of nitrogens with zero attached hydrogens (tertiary/aromatic N) is 1. The number of carbonyl (C=O) groups is 1. The molecule has 0 heterocycles. The SMILES string of the molecule is CCN(CC)S(=O)(=O)c1ccc(Cl)c(C(=O)NCCCOCC2CC2)c1. The molecule has 0 aromatic heterocycles. The molecule has 8 heteroatoms. The van der Waals surface area contributed by atoms with Crippen LogP contribution in [0.25, 0.3) is 0 Å². The van der Waals surface area contributed by atoms with Crippen LogP contribution in [-0.4, -0.2) is 51.5 Å². The number of amides is 1. The number of hydrogen-bond donors (Lipinski definition) is 1. The Bertz CT molecular complexity index is 716. The molecule has 1 aliphatic carbocycles. The zero-order valence-electron chi connectivity index (χ0n) is 15.3. The summed E-state index contributed by atoms with van der Waals surface area (Å²) in [6.45, 7) is 6.12. The standard InChI is InChI=1S/C18H27ClN2O4S/c1-3-21(4-2)26(23,24)15-8-9-17(19)16(12-15)18(22)20-10-5-11-25-13-14-6-7-14/h8-9,12,14H,3-7,10-11,13H2,1-2H3,(H,20,22). The highest BCUT2D eigenvalue weighted by atomic mass is 35.5. The summed E-state index contributed by atoms with van der Waals surface area (Å²) in [5, 5.41) is 3.00. The summed E-state index contributed by atoms with van der Waals surface area (Å²) in [4.78, 5) is 12.4. The Morgan fingerprint density at radius 3 is 2.62 bits per heavy atom. The number of sulfonamides is 1. The van der Waals surface area contributed by atoms with E-state index >= 15 is 0 Å². The fourth-order valence-corrected chi connectivity index (χ4v) is 4.25. The van der Waals surface area contributed by atoms with Gasteiger partial charge in [0.25, 0.3) is 5.91 Å². The van der Waals surface area contributed by atoms with Crippen LogP contribution in [0, 0.1) is 5.92 Å². The summed E-state index contributed by atoms with van der Waals surface area (Å²) >= 11 is 6.10. The van der Waals surface area contributed by atoms with Gasteiger partial charge in [0, 0.05) is 32.8 Å². The first-order valence-electron chi connectivity index (χ1n) is 9.05. The lowest BCUT2D eigenvalue weighted by molar-refractivity contribution is 0.0937. The molecule has 1 aromatic carbocycles. The molecule has 2 rings (SSSR count). The van der Waals surface area contributed by atoms with Crippen molar-refractivity contribution in [2.75, 3.05) is 32.8 Å². The Labute approximate surface area is 160 Å². The van der Waals surface area contributed by atoms with Gasteiger partial charge in [0.05, 0.1) is 15.5 Å². The van der Waals surface area contributed by atoms with Crippen molar-refractivity contribution in [3.05, 3.63) is 28.8 Å². The number of carbonyl (C=O) groups excluding carboxylic acids is 1. The van der Waals surface area contributed by atoms with E-state index in [0.717, 1.165) is 12.5 Å². The van der Waals surface area contributed by atoms with Crippen LogP contribution >= 0.6 is 11.6 Å². The van der Waals surface area contributed by atoms with Gasteiger partial charge in [0.1, 0.15) is 0 Å². The minimum atomic E-state index is -3.63. The van der Waals surface area contributed by atoms with Crippen molar-refractivity contribution in [3.8, 4) is 0 Å². The van der Waals surface area contributed by atoms with Crippen molar-refractivity contribution >= 4 is 27.5 Å². The first-order chi connectivity index (χ1) is 12.4. The Kier molecular flexibility index (Phi) is 7.88. The van der Waals surface area contributed by atoms with E-state index < -0.39 is 10.0 Å². The van der Waals surface area contributed by atoms with Crippen LogP contribution in [0.2, 0.25) is 5.02 Å². The smallest absolute Gasteiger partial charge is 0.252 e. The Morgan fingerprint density at radius 2 is 2.00 bits per heavy atom. The Hall–Kier alpha value is -1.15. The van der Waals surface area contributed by atoms with Gasteiger partial charge in [-0.25, -0.2) is 8.42 Å². The van der Waals surface area contributed by atoms with E-state index in [0.29, 0.717) is 32.7 Å². The molecule has 0 radical (unpaired) electrons. The van der Waals surface area contributed by atoms with Crippen LogP contribution < -0.4 is 5.32 Å². The van der Waals surface area contributed by atoms with E-state index in [2.05, 4.69) is 5.32 Å². The average molecular weight is 403 g/mol. The van der Waals surface area contributed by atoms with Gasteiger partial charge in [-0.15, -0.1) is 0 Å². The zero-order valence-corrected chi connectivity index (χ0v) is 16.9. The first-order valence-corrected chi connectivity index (χ1v) is 10.9. The van der Waals surface area contributed by atoms with Crippen LogP contribution in [-0.2, 0) is 14.8 Å². The van der Waals surface area contributed by atoms with Gasteiger partial charge in [-0.3, -0.25) is 4.79 Å². The van der Waals surface area contributed by atoms with E-state index in [1.54, 1.807) is 13.8 Å². The van der Waals surface area contributed by atoms with E-state index in [1.807, 2.05) is 0 Å². The molecule has 1 N–H and O–H groups in total. The molecule has 0 atom stereocenters. The maximum atomic E-state index is 12.6. The van der Waals surface area contributed by atoms with Gasteiger partial charge < -0.3 is 10.1 Å². The van der Waals surface area contributed by atoms with E-state index in [-0.39, 0.29) is 21.4 Å². The third kappa shape index (κ3) is 5.67. The molecule has 0 unspecified atom stereocenters. The second kappa shape index (κ2) is 9.69. The predicted octanol–water partition coefficient (Wildman–Crippen LogP) is 2.92. The average Bonchev–Trinajstić information content (AvgIpc) is 3.43. The molecule has 1 amide bonds. The van der Waals surface area contributed by atoms with Crippen LogP contribution in [0.4, 0.5) is 0 Å². The quantitative estimate of drug-likeness (QED) is 0.577. The van der Waals surface area contributed by atoms with Crippen molar-refractivity contribution in [2.45, 2.75) is 38.0 Å². The molecular weight excluding hydrogens is 376 g/mol. The molecule has 0 bridgehead atoms. The predicted molar refractivity (Wildman–Crippen MR) is 102 cm³/mol. The fraction of sp³-hybridized carbons (Fsp3) is 0.611. The molecule has 0 aliphatic heterocycles. The Morgan fingerprint density at radius 1 is 1.31 bits per heavy atom. The number of rotatable bonds is 11. The van der Waals surface area contributed by atoms with Crippen molar-refractivity contribution in [1.82, 2.24) is 9.62 Å². The summed E-state index contributed by atoms with van der Waals surface area (Å²) in [5.74, 6) is 0.340. The third-order valence-electron chi connectivity index (χ3n) is 4.33. The van der Waals surface area contributed by atoms with Crippen LogP contribution in [0.1, 0.15) is 43.5 Å². The number of halogens is 1. The maximum absolute atomic E-state index is 12.6. The van der Waals surface area contributed by atoms with Crippen molar-refractivity contribution < 1.29 is 17.9 Å². The van der Waals surface area contributed by atoms with Crippen LogP contribution in [0.3, 0.4) is 0 Å². The summed E-state index contributed by atoms with van der Waals surface area (Å²) in [5.41, 5.74) is 0.166. The molecule has 0 saturated heterocycles. The molecule has 0 spiro atoms. The van der Waals surface area contributed by atoms with E-state index in [9.17, 15) is 13.2 Å². The third-order valence-corrected chi connectivity index (χ3v) is 6.70. The molecule has 146 valence electrons. The number of nitrogens with one attached hydrogen (secondary N) is 1. The largest absolute Gasteiger partial charge is 0.381 e. The zero-order chi connectivity index (χ0) is 19.2. The molecule has 1 saturated carbocycles. The van der Waals surface area contributed by atoms with Crippen LogP contribution in [0.15, 0.2) is 23.1 Å². The molecular formula is C18H27ClN2O4S. The second-order valence-corrected chi connectivity index (χ2v) is 8.70. The van der Waals surface area contributed by atoms with E-state index in [4.69, 9.17) is 16.3 Å². The maximum Gasteiger partial charge on any atom is 0.252 e. The van der Waals surface area contributed by atoms with Crippen molar-refractivity contribution in [3.63, 3.8) is 0 Å². The highest BCUT2D eigenvalue weighted by Crippen LogP contribution is 2.28. The minimum absolute atomic E-state index is 0.0727. The van der Waals surface area contributed by atoms with Crippen molar-refractivity contribution in [2.24, 2.45) is 5.92 Å². The molecule has 26 heavy (non-hydrogen) atoms. The monoisotopic (exact) mass is 402 g/mol. The van der Waals surface area contributed by atoms with E-state index in [1.165, 1.54) is 35.3 Å². The summed E-state index contributed by atoms with van der Waals surface area (Å²) in [6.07, 6.45) is 3.21. The van der Waals surface area contributed by atoms with Crippen LogP contribution in [0.5, 0.6) is 0 Å². The van der Waals surface area contributed by atoms with Gasteiger partial charge in [-0.2, -0.15) is 4.31 Å². The van der Waals surface area contributed by atoms with Gasteiger partial charge in [0.2, 0.25) is 10.0 Å². The van der Waals surface area contributed by atoms with Gasteiger partial charge in [-0.1, -0.05) is 25.4 Å². The lowest BCUT2D eigenvalue weighted by Gasteiger charge is -2.19. The summed E-state index contributed by atoms with van der Waals surface area (Å²) in [6, 6.07) is 4.22.